The van der Waals surface area contributed by atoms with Gasteiger partial charge in [0, 0.05) is 61.4 Å². The Labute approximate surface area is 216 Å². The third-order valence-corrected chi connectivity index (χ3v) is 6.81. The van der Waals surface area contributed by atoms with Gasteiger partial charge in [0.25, 0.3) is 5.91 Å². The van der Waals surface area contributed by atoms with Crippen molar-refractivity contribution in [2.45, 2.75) is 39.2 Å². The number of hydrogen-bond acceptors (Lipinski definition) is 6. The molecule has 1 atom stereocenters. The molecule has 2 aliphatic heterocycles. The lowest BCUT2D eigenvalue weighted by Gasteiger charge is -2.37. The summed E-state index contributed by atoms with van der Waals surface area (Å²) in [6.45, 7) is 7.04. The maximum Gasteiger partial charge on any atom is 0.324 e. The SMILES string of the molecule is CC(C)CNC(=O)N1CCCCC(NC(=O)N2CCN(c3cc(N)nc4cc(Cl)ccc34)CC2)C1=O. The third kappa shape index (κ3) is 5.92. The van der Waals surface area contributed by atoms with Gasteiger partial charge in [-0.2, -0.15) is 0 Å². The number of amides is 5. The highest BCUT2D eigenvalue weighted by Crippen LogP contribution is 2.30. The highest BCUT2D eigenvalue weighted by molar-refractivity contribution is 6.31. The number of aromatic nitrogens is 1. The normalized spacial score (nSPS) is 18.9. The van der Waals surface area contributed by atoms with Crippen LogP contribution in [0.15, 0.2) is 24.3 Å². The summed E-state index contributed by atoms with van der Waals surface area (Å²) in [7, 11) is 0. The standard InChI is InChI=1S/C25H34ClN7O3/c1-16(2)15-28-24(35)33-8-4-3-5-19(23(33)34)30-25(36)32-11-9-31(10-12-32)21-14-22(27)29-20-13-17(26)6-7-18(20)21/h6-7,13-14,16,19H,3-5,8-12,15H2,1-2H3,(H2,27,29)(H,28,35)(H,30,36). The number of anilines is 2. The highest BCUT2D eigenvalue weighted by atomic mass is 35.5. The molecule has 0 aliphatic carbocycles. The molecule has 0 bridgehead atoms. The topological polar surface area (TPSA) is 124 Å². The summed E-state index contributed by atoms with van der Waals surface area (Å²) in [6.07, 6.45) is 2.00. The molecule has 3 heterocycles. The number of hydrogen-bond donors (Lipinski definition) is 3. The summed E-state index contributed by atoms with van der Waals surface area (Å²) >= 11 is 6.12. The number of pyridine rings is 1. The minimum Gasteiger partial charge on any atom is -0.384 e. The van der Waals surface area contributed by atoms with Gasteiger partial charge in [0.15, 0.2) is 0 Å². The second-order valence-corrected chi connectivity index (χ2v) is 10.2. The van der Waals surface area contributed by atoms with E-state index in [0.717, 1.165) is 29.4 Å². The van der Waals surface area contributed by atoms with E-state index in [9.17, 15) is 14.4 Å². The fourth-order valence-corrected chi connectivity index (χ4v) is 4.78. The molecule has 0 radical (unpaired) electrons. The lowest BCUT2D eigenvalue weighted by atomic mass is 10.1. The molecule has 0 spiro atoms. The van der Waals surface area contributed by atoms with Crippen molar-refractivity contribution in [3.8, 4) is 0 Å². The second kappa shape index (κ2) is 11.2. The van der Waals surface area contributed by atoms with E-state index in [1.165, 1.54) is 4.90 Å². The van der Waals surface area contributed by atoms with E-state index in [4.69, 9.17) is 17.3 Å². The fraction of sp³-hybridized carbons (Fsp3) is 0.520. The third-order valence-electron chi connectivity index (χ3n) is 6.57. The first-order chi connectivity index (χ1) is 17.2. The van der Waals surface area contributed by atoms with Crippen LogP contribution in [-0.4, -0.2) is 78.1 Å². The largest absolute Gasteiger partial charge is 0.384 e. The van der Waals surface area contributed by atoms with Crippen molar-refractivity contribution in [1.29, 1.82) is 0 Å². The highest BCUT2D eigenvalue weighted by Gasteiger charge is 2.33. The number of halogens is 1. The maximum absolute atomic E-state index is 13.1. The summed E-state index contributed by atoms with van der Waals surface area (Å²) in [4.78, 5) is 48.2. The van der Waals surface area contributed by atoms with Crippen molar-refractivity contribution in [3.63, 3.8) is 0 Å². The van der Waals surface area contributed by atoms with E-state index in [1.54, 1.807) is 11.0 Å². The molecule has 0 saturated carbocycles. The number of nitrogens with one attached hydrogen (secondary N) is 2. The average molecular weight is 516 g/mol. The van der Waals surface area contributed by atoms with Crippen molar-refractivity contribution >= 4 is 52.0 Å². The Morgan fingerprint density at radius 2 is 1.86 bits per heavy atom. The van der Waals surface area contributed by atoms with Crippen LogP contribution in [0.25, 0.3) is 10.9 Å². The van der Waals surface area contributed by atoms with Gasteiger partial charge in [0.1, 0.15) is 11.9 Å². The van der Waals surface area contributed by atoms with Gasteiger partial charge in [-0.25, -0.2) is 14.6 Å². The van der Waals surface area contributed by atoms with E-state index in [1.807, 2.05) is 32.0 Å². The lowest BCUT2D eigenvalue weighted by Crippen LogP contribution is -2.57. The van der Waals surface area contributed by atoms with Gasteiger partial charge in [-0.05, 0) is 43.4 Å². The van der Waals surface area contributed by atoms with Gasteiger partial charge in [-0.3, -0.25) is 9.69 Å². The van der Waals surface area contributed by atoms with E-state index >= 15 is 0 Å². The quantitative estimate of drug-likeness (QED) is 0.575. The van der Waals surface area contributed by atoms with Gasteiger partial charge >= 0.3 is 12.1 Å². The van der Waals surface area contributed by atoms with Crippen LogP contribution in [0.4, 0.5) is 21.1 Å². The molecule has 1 unspecified atom stereocenters. The van der Waals surface area contributed by atoms with Crippen molar-refractivity contribution < 1.29 is 14.4 Å². The van der Waals surface area contributed by atoms with Crippen LogP contribution >= 0.6 is 11.6 Å². The number of rotatable bonds is 4. The zero-order valence-electron chi connectivity index (χ0n) is 20.8. The molecule has 2 saturated heterocycles. The fourth-order valence-electron chi connectivity index (χ4n) is 4.62. The first-order valence-electron chi connectivity index (χ1n) is 12.5. The summed E-state index contributed by atoms with van der Waals surface area (Å²) in [6, 6.07) is 5.99. The number of nitrogens with two attached hydrogens (primary N) is 1. The van der Waals surface area contributed by atoms with Crippen molar-refractivity contribution in [2.75, 3.05) is 49.9 Å². The Morgan fingerprint density at radius 1 is 1.11 bits per heavy atom. The predicted molar refractivity (Wildman–Crippen MR) is 141 cm³/mol. The maximum atomic E-state index is 13.1. The zero-order chi connectivity index (χ0) is 25.8. The number of fused-ring (bicyclic) bond motifs is 1. The van der Waals surface area contributed by atoms with Gasteiger partial charge in [0.05, 0.1) is 5.52 Å². The Morgan fingerprint density at radius 3 is 2.58 bits per heavy atom. The van der Waals surface area contributed by atoms with Crippen LogP contribution in [0.2, 0.25) is 5.02 Å². The molecular weight excluding hydrogens is 482 g/mol. The summed E-state index contributed by atoms with van der Waals surface area (Å²) < 4.78 is 0. The van der Waals surface area contributed by atoms with E-state index < -0.39 is 12.1 Å². The number of piperazine rings is 1. The van der Waals surface area contributed by atoms with Gasteiger partial charge in [-0.1, -0.05) is 25.4 Å². The Hall–Kier alpha value is -3.27. The summed E-state index contributed by atoms with van der Waals surface area (Å²) in [5, 5.41) is 7.23. The molecule has 36 heavy (non-hydrogen) atoms. The van der Waals surface area contributed by atoms with Crippen LogP contribution in [-0.2, 0) is 4.79 Å². The number of urea groups is 2. The molecule has 2 aromatic rings. The smallest absolute Gasteiger partial charge is 0.324 e. The number of likely N-dealkylation sites (tertiary alicyclic amines) is 1. The monoisotopic (exact) mass is 515 g/mol. The number of nitrogens with zero attached hydrogens (tertiary/aromatic N) is 4. The first-order valence-corrected chi connectivity index (χ1v) is 12.9. The molecular formula is C25H34ClN7O3. The Bertz CT molecular complexity index is 1130. The Kier molecular flexibility index (Phi) is 8.03. The van der Waals surface area contributed by atoms with E-state index in [2.05, 4.69) is 20.5 Å². The van der Waals surface area contributed by atoms with Crippen LogP contribution < -0.4 is 21.3 Å². The number of nitrogen functional groups attached to an aromatic ring is 1. The summed E-state index contributed by atoms with van der Waals surface area (Å²) in [5.74, 6) is 0.344. The van der Waals surface area contributed by atoms with Crippen molar-refractivity contribution in [3.05, 3.63) is 29.3 Å². The van der Waals surface area contributed by atoms with Crippen molar-refractivity contribution in [2.24, 2.45) is 5.92 Å². The van der Waals surface area contributed by atoms with Crippen LogP contribution in [0.1, 0.15) is 33.1 Å². The molecule has 1 aromatic carbocycles. The predicted octanol–water partition coefficient (Wildman–Crippen LogP) is 3.05. The van der Waals surface area contributed by atoms with Crippen molar-refractivity contribution in [1.82, 2.24) is 25.4 Å². The molecule has 5 amide bonds. The van der Waals surface area contributed by atoms with Gasteiger partial charge in [-0.15, -0.1) is 0 Å². The molecule has 2 aliphatic rings. The number of benzene rings is 1. The lowest BCUT2D eigenvalue weighted by molar-refractivity contribution is -0.129. The molecule has 194 valence electrons. The zero-order valence-corrected chi connectivity index (χ0v) is 21.6. The van der Waals surface area contributed by atoms with E-state index in [-0.39, 0.29) is 17.9 Å². The average Bonchev–Trinajstić information content (AvgIpc) is 3.03. The molecule has 11 heteroatoms. The van der Waals surface area contributed by atoms with Gasteiger partial charge < -0.3 is 26.2 Å². The van der Waals surface area contributed by atoms with Crippen LogP contribution in [0, 0.1) is 5.92 Å². The summed E-state index contributed by atoms with van der Waals surface area (Å²) in [5.41, 5.74) is 7.72. The number of carbonyl (C=O) groups is 3. The molecule has 4 N–H and O–H groups in total. The molecule has 2 fully saturated rings. The minimum absolute atomic E-state index is 0.282. The molecule has 10 nitrogen and oxygen atoms in total. The van der Waals surface area contributed by atoms with Gasteiger partial charge in [0.2, 0.25) is 0 Å². The van der Waals surface area contributed by atoms with E-state index in [0.29, 0.717) is 56.5 Å². The Balaban J connectivity index is 1.37. The van der Waals surface area contributed by atoms with Crippen LogP contribution in [0.5, 0.6) is 0 Å². The van der Waals surface area contributed by atoms with Crippen LogP contribution in [0.3, 0.4) is 0 Å². The first kappa shape index (κ1) is 25.8. The minimum atomic E-state index is -0.712. The second-order valence-electron chi connectivity index (χ2n) is 9.77. The number of imide groups is 1. The number of carbonyl (C=O) groups excluding carboxylic acids is 3. The molecule has 4 rings (SSSR count). The molecule has 1 aromatic heterocycles.